The van der Waals surface area contributed by atoms with Crippen molar-refractivity contribution in [1.82, 2.24) is 0 Å². The van der Waals surface area contributed by atoms with E-state index in [2.05, 4.69) is 48.5 Å². The summed E-state index contributed by atoms with van der Waals surface area (Å²) in [4.78, 5) is 21.4. The van der Waals surface area contributed by atoms with E-state index in [1.807, 2.05) is 121 Å². The molecule has 0 bridgehead atoms. The van der Waals surface area contributed by atoms with E-state index in [0.29, 0.717) is 0 Å². The van der Waals surface area contributed by atoms with Gasteiger partial charge in [0.1, 0.15) is 0 Å². The van der Waals surface area contributed by atoms with E-state index in [0.717, 1.165) is 67.9 Å². The number of rotatable bonds is 4. The van der Waals surface area contributed by atoms with Crippen molar-refractivity contribution in [1.29, 1.82) is 0 Å². The Hall–Kier alpha value is -6.00. The lowest BCUT2D eigenvalue weighted by molar-refractivity contribution is 1.40. The molecule has 4 nitrogen and oxygen atoms in total. The van der Waals surface area contributed by atoms with Crippen LogP contribution in [-0.4, -0.2) is 22.8 Å². The SMILES string of the molecule is c1ccc(C2=Nc3ccccc3N=C(c3ccccc3)C(c3ccccc3)=Nc3ccccc3N=C2c2ccccc2)cc1. The lowest BCUT2D eigenvalue weighted by Crippen LogP contribution is -2.18. The second kappa shape index (κ2) is 12.5. The molecule has 0 fully saturated rings. The molecule has 0 saturated carbocycles. The summed E-state index contributed by atoms with van der Waals surface area (Å²) < 4.78 is 0. The molecule has 1 heterocycles. The molecule has 0 radical (unpaired) electrons. The smallest absolute Gasteiger partial charge is 0.0973 e. The van der Waals surface area contributed by atoms with Crippen molar-refractivity contribution in [3.05, 3.63) is 192 Å². The van der Waals surface area contributed by atoms with Gasteiger partial charge < -0.3 is 0 Å². The van der Waals surface area contributed by atoms with E-state index >= 15 is 0 Å². The summed E-state index contributed by atoms with van der Waals surface area (Å²) in [7, 11) is 0. The van der Waals surface area contributed by atoms with Crippen molar-refractivity contribution >= 4 is 45.6 Å². The van der Waals surface area contributed by atoms with E-state index in [1.54, 1.807) is 0 Å². The van der Waals surface area contributed by atoms with E-state index in [-0.39, 0.29) is 0 Å². The first-order valence-corrected chi connectivity index (χ1v) is 14.6. The van der Waals surface area contributed by atoms with Crippen LogP contribution in [0.2, 0.25) is 0 Å². The van der Waals surface area contributed by atoms with Crippen LogP contribution in [0.15, 0.2) is 190 Å². The molecule has 44 heavy (non-hydrogen) atoms. The van der Waals surface area contributed by atoms with Crippen LogP contribution in [0.1, 0.15) is 22.3 Å². The number of para-hydroxylation sites is 4. The van der Waals surface area contributed by atoms with Gasteiger partial charge in [0, 0.05) is 22.3 Å². The standard InChI is InChI=1S/C40H28N4/c1-5-17-29(18-6-1)37-38(30-19-7-2-8-20-30)42-35-27-15-16-28-36(35)44-40(32-23-11-4-12-24-32)39(31-21-9-3-10-22-31)43-34-26-14-13-25-33(34)41-37/h1-28H. The second-order valence-corrected chi connectivity index (χ2v) is 10.3. The van der Waals surface area contributed by atoms with Crippen LogP contribution in [0.4, 0.5) is 22.7 Å². The molecule has 0 unspecified atom stereocenters. The Morgan fingerprint density at radius 1 is 0.205 bits per heavy atom. The molecule has 0 atom stereocenters. The average molecular weight is 565 g/mol. The predicted octanol–water partition coefficient (Wildman–Crippen LogP) is 9.88. The zero-order valence-electron chi connectivity index (χ0n) is 24.0. The maximum Gasteiger partial charge on any atom is 0.0973 e. The molecule has 0 spiro atoms. The van der Waals surface area contributed by atoms with Crippen molar-refractivity contribution in [2.45, 2.75) is 0 Å². The van der Waals surface area contributed by atoms with Gasteiger partial charge in [0.05, 0.1) is 45.6 Å². The third-order valence-corrected chi connectivity index (χ3v) is 7.33. The number of fused-ring (bicyclic) bond motifs is 2. The fraction of sp³-hybridized carbons (Fsp3) is 0. The Labute approximate surface area is 257 Å². The van der Waals surface area contributed by atoms with Crippen LogP contribution in [0.25, 0.3) is 0 Å². The normalized spacial score (nSPS) is 13.1. The molecule has 7 rings (SSSR count). The number of hydrogen-bond donors (Lipinski definition) is 0. The topological polar surface area (TPSA) is 49.4 Å². The summed E-state index contributed by atoms with van der Waals surface area (Å²) in [6, 6.07) is 56.8. The fourth-order valence-electron chi connectivity index (χ4n) is 5.19. The van der Waals surface area contributed by atoms with Gasteiger partial charge in [-0.15, -0.1) is 0 Å². The summed E-state index contributed by atoms with van der Waals surface area (Å²) in [5, 5.41) is 0. The first kappa shape index (κ1) is 26.9. The molecule has 0 saturated heterocycles. The van der Waals surface area contributed by atoms with Crippen molar-refractivity contribution < 1.29 is 0 Å². The second-order valence-electron chi connectivity index (χ2n) is 10.3. The highest BCUT2D eigenvalue weighted by atomic mass is 14.9. The van der Waals surface area contributed by atoms with Gasteiger partial charge in [-0.25, -0.2) is 20.0 Å². The summed E-state index contributed by atoms with van der Waals surface area (Å²) in [6.45, 7) is 0. The van der Waals surface area contributed by atoms with Crippen molar-refractivity contribution in [3.63, 3.8) is 0 Å². The summed E-state index contributed by atoms with van der Waals surface area (Å²) >= 11 is 0. The summed E-state index contributed by atoms with van der Waals surface area (Å²) in [6.07, 6.45) is 0. The fourth-order valence-corrected chi connectivity index (χ4v) is 5.19. The maximum atomic E-state index is 5.34. The minimum absolute atomic E-state index is 0.740. The Kier molecular flexibility index (Phi) is 7.62. The van der Waals surface area contributed by atoms with Crippen LogP contribution < -0.4 is 0 Å². The lowest BCUT2D eigenvalue weighted by atomic mass is 9.98. The van der Waals surface area contributed by atoms with E-state index < -0.39 is 0 Å². The van der Waals surface area contributed by atoms with Crippen LogP contribution in [0, 0.1) is 0 Å². The highest BCUT2D eigenvalue weighted by molar-refractivity contribution is 6.55. The molecule has 0 aromatic heterocycles. The van der Waals surface area contributed by atoms with Gasteiger partial charge in [0.25, 0.3) is 0 Å². The zero-order valence-corrected chi connectivity index (χ0v) is 24.0. The Morgan fingerprint density at radius 2 is 0.386 bits per heavy atom. The van der Waals surface area contributed by atoms with E-state index in [4.69, 9.17) is 20.0 Å². The Bertz CT molecular complexity index is 1730. The van der Waals surface area contributed by atoms with Crippen LogP contribution in [-0.2, 0) is 0 Å². The average Bonchev–Trinajstić information content (AvgIpc) is 3.10. The first-order chi connectivity index (χ1) is 21.8. The molecule has 6 aromatic rings. The van der Waals surface area contributed by atoms with Gasteiger partial charge in [-0.2, -0.15) is 0 Å². The molecule has 1 aliphatic heterocycles. The molecule has 0 amide bonds. The zero-order chi connectivity index (χ0) is 29.6. The van der Waals surface area contributed by atoms with Crippen molar-refractivity contribution in [3.8, 4) is 0 Å². The minimum atomic E-state index is 0.740. The molecular formula is C40H28N4. The Balaban J connectivity index is 1.61. The maximum absolute atomic E-state index is 5.34. The van der Waals surface area contributed by atoms with E-state index in [1.165, 1.54) is 0 Å². The lowest BCUT2D eigenvalue weighted by Gasteiger charge is -2.16. The van der Waals surface area contributed by atoms with E-state index in [9.17, 15) is 0 Å². The summed E-state index contributed by atoms with van der Waals surface area (Å²) in [5.74, 6) is 0. The number of benzene rings is 6. The minimum Gasteiger partial charge on any atom is -0.244 e. The highest BCUT2D eigenvalue weighted by Gasteiger charge is 2.20. The van der Waals surface area contributed by atoms with Gasteiger partial charge in [0.15, 0.2) is 0 Å². The largest absolute Gasteiger partial charge is 0.244 e. The molecule has 0 aliphatic carbocycles. The third-order valence-electron chi connectivity index (χ3n) is 7.33. The molecule has 4 heteroatoms. The van der Waals surface area contributed by atoms with Crippen LogP contribution in [0.3, 0.4) is 0 Å². The molecule has 1 aliphatic rings. The predicted molar refractivity (Wildman–Crippen MR) is 183 cm³/mol. The van der Waals surface area contributed by atoms with Gasteiger partial charge in [0.2, 0.25) is 0 Å². The van der Waals surface area contributed by atoms with Gasteiger partial charge in [-0.3, -0.25) is 0 Å². The third kappa shape index (κ3) is 5.69. The number of aliphatic imine (C=N–C) groups is 4. The Morgan fingerprint density at radius 3 is 0.591 bits per heavy atom. The number of nitrogens with zero attached hydrogens (tertiary/aromatic N) is 4. The molecular weight excluding hydrogens is 536 g/mol. The molecule has 6 aromatic carbocycles. The van der Waals surface area contributed by atoms with Crippen LogP contribution >= 0.6 is 0 Å². The summed E-state index contributed by atoms with van der Waals surface area (Å²) in [5.41, 5.74) is 9.81. The van der Waals surface area contributed by atoms with Crippen LogP contribution in [0.5, 0.6) is 0 Å². The first-order valence-electron chi connectivity index (χ1n) is 14.6. The number of hydrogen-bond acceptors (Lipinski definition) is 4. The monoisotopic (exact) mass is 564 g/mol. The molecule has 208 valence electrons. The van der Waals surface area contributed by atoms with Gasteiger partial charge in [-0.1, -0.05) is 146 Å². The highest BCUT2D eigenvalue weighted by Crippen LogP contribution is 2.34. The quantitative estimate of drug-likeness (QED) is 0.205. The van der Waals surface area contributed by atoms with Gasteiger partial charge in [-0.05, 0) is 24.3 Å². The van der Waals surface area contributed by atoms with Crippen molar-refractivity contribution in [2.24, 2.45) is 20.0 Å². The van der Waals surface area contributed by atoms with Crippen molar-refractivity contribution in [2.75, 3.05) is 0 Å². The molecule has 0 N–H and O–H groups in total. The van der Waals surface area contributed by atoms with Gasteiger partial charge >= 0.3 is 0 Å².